The van der Waals surface area contributed by atoms with E-state index in [-0.39, 0.29) is 17.1 Å². The van der Waals surface area contributed by atoms with Crippen molar-refractivity contribution < 1.29 is 4.79 Å². The van der Waals surface area contributed by atoms with Crippen molar-refractivity contribution in [3.05, 3.63) is 87.0 Å². The first kappa shape index (κ1) is 18.0. The van der Waals surface area contributed by atoms with Gasteiger partial charge in [-0.05, 0) is 47.8 Å². The van der Waals surface area contributed by atoms with E-state index in [1.54, 1.807) is 34.9 Å². The Morgan fingerprint density at radius 1 is 1.07 bits per heavy atom. The molecule has 4 aromatic rings. The van der Waals surface area contributed by atoms with Crippen molar-refractivity contribution in [2.45, 2.75) is 5.16 Å². The topological polar surface area (TPSA) is 52.0 Å². The fraction of sp³-hybridized carbons (Fsp3) is 0.0500. The van der Waals surface area contributed by atoms with Gasteiger partial charge in [0.1, 0.15) is 4.83 Å². The molecular formula is C20H13ClN2O2S2. The number of fused-ring (bicyclic) bond motifs is 1. The van der Waals surface area contributed by atoms with Crippen LogP contribution in [0.2, 0.25) is 5.02 Å². The summed E-state index contributed by atoms with van der Waals surface area (Å²) in [6, 6.07) is 17.9. The Hall–Kier alpha value is -2.41. The molecule has 2 aromatic heterocycles. The third kappa shape index (κ3) is 3.69. The first-order valence-electron chi connectivity index (χ1n) is 8.11. The monoisotopic (exact) mass is 412 g/mol. The summed E-state index contributed by atoms with van der Waals surface area (Å²) in [5.74, 6) is 0.134. The first-order valence-corrected chi connectivity index (χ1v) is 10.3. The highest BCUT2D eigenvalue weighted by Gasteiger charge is 2.16. The number of nitrogens with zero attached hydrogens (tertiary/aromatic N) is 2. The molecule has 0 fully saturated rings. The number of carbonyl (C=O) groups is 1. The van der Waals surface area contributed by atoms with Crippen molar-refractivity contribution >= 4 is 50.7 Å². The smallest absolute Gasteiger partial charge is 0.267 e. The number of hydrogen-bond acceptors (Lipinski definition) is 5. The molecule has 0 amide bonds. The molecule has 0 saturated carbocycles. The fourth-order valence-corrected chi connectivity index (χ4v) is 4.48. The fourth-order valence-electron chi connectivity index (χ4n) is 2.65. The number of benzene rings is 2. The van der Waals surface area contributed by atoms with Crippen LogP contribution in [0, 0.1) is 0 Å². The van der Waals surface area contributed by atoms with Crippen LogP contribution in [0.5, 0.6) is 0 Å². The largest absolute Gasteiger partial charge is 0.293 e. The molecule has 0 N–H and O–H groups in total. The predicted molar refractivity (Wildman–Crippen MR) is 112 cm³/mol. The second kappa shape index (κ2) is 7.68. The molecule has 4 rings (SSSR count). The molecule has 0 aliphatic rings. The van der Waals surface area contributed by atoms with E-state index in [0.717, 1.165) is 5.69 Å². The maximum Gasteiger partial charge on any atom is 0.267 e. The van der Waals surface area contributed by atoms with Crippen LogP contribution in [-0.2, 0) is 0 Å². The number of thioether (sulfide) groups is 1. The average molecular weight is 413 g/mol. The van der Waals surface area contributed by atoms with E-state index in [4.69, 9.17) is 11.6 Å². The van der Waals surface area contributed by atoms with Gasteiger partial charge in [0.2, 0.25) is 0 Å². The Morgan fingerprint density at radius 2 is 1.81 bits per heavy atom. The summed E-state index contributed by atoms with van der Waals surface area (Å²) >= 11 is 8.55. The quantitative estimate of drug-likeness (QED) is 0.261. The van der Waals surface area contributed by atoms with E-state index in [1.807, 2.05) is 35.7 Å². The highest BCUT2D eigenvalue weighted by atomic mass is 35.5. The van der Waals surface area contributed by atoms with E-state index in [2.05, 4.69) is 4.98 Å². The minimum Gasteiger partial charge on any atom is -0.293 e. The van der Waals surface area contributed by atoms with Crippen LogP contribution in [0.25, 0.3) is 15.9 Å². The standard InChI is InChI=1S/C20H13ClN2O2S2/c21-14-8-6-13(7-9-14)17(24)12-27-20-22-18-16(10-11-26-18)19(25)23(20)15-4-2-1-3-5-15/h1-11H,12H2. The molecule has 2 heterocycles. The summed E-state index contributed by atoms with van der Waals surface area (Å²) in [6.07, 6.45) is 0. The van der Waals surface area contributed by atoms with E-state index in [9.17, 15) is 9.59 Å². The highest BCUT2D eigenvalue weighted by molar-refractivity contribution is 7.99. The summed E-state index contributed by atoms with van der Waals surface area (Å²) in [4.78, 5) is 30.8. The number of carbonyl (C=O) groups excluding carboxylic acids is 1. The molecular weight excluding hydrogens is 400 g/mol. The van der Waals surface area contributed by atoms with Crippen LogP contribution in [0.1, 0.15) is 10.4 Å². The van der Waals surface area contributed by atoms with Gasteiger partial charge in [-0.15, -0.1) is 11.3 Å². The van der Waals surface area contributed by atoms with Crippen LogP contribution < -0.4 is 5.56 Å². The minimum atomic E-state index is -0.131. The maximum absolute atomic E-state index is 13.0. The van der Waals surface area contributed by atoms with Crippen molar-refractivity contribution in [3.63, 3.8) is 0 Å². The lowest BCUT2D eigenvalue weighted by Crippen LogP contribution is -2.21. The molecule has 4 nitrogen and oxygen atoms in total. The number of rotatable bonds is 5. The van der Waals surface area contributed by atoms with Crippen molar-refractivity contribution in [1.29, 1.82) is 0 Å². The van der Waals surface area contributed by atoms with Gasteiger partial charge in [0.25, 0.3) is 5.56 Å². The number of Topliss-reactive ketones (excluding diaryl/α,β-unsaturated/α-hetero) is 1. The Labute approximate surface area is 168 Å². The van der Waals surface area contributed by atoms with Crippen LogP contribution in [-0.4, -0.2) is 21.1 Å². The number of ketones is 1. The number of thiophene rings is 1. The van der Waals surface area contributed by atoms with Crippen LogP contribution in [0.15, 0.2) is 76.0 Å². The van der Waals surface area contributed by atoms with Crippen molar-refractivity contribution in [3.8, 4) is 5.69 Å². The molecule has 0 spiro atoms. The van der Waals surface area contributed by atoms with Crippen molar-refractivity contribution in [2.75, 3.05) is 5.75 Å². The van der Waals surface area contributed by atoms with E-state index >= 15 is 0 Å². The molecule has 0 aliphatic carbocycles. The molecule has 0 atom stereocenters. The summed E-state index contributed by atoms with van der Waals surface area (Å²) in [6.45, 7) is 0. The highest BCUT2D eigenvalue weighted by Crippen LogP contribution is 2.24. The lowest BCUT2D eigenvalue weighted by Gasteiger charge is -2.11. The average Bonchev–Trinajstić information content (AvgIpc) is 3.16. The Morgan fingerprint density at radius 3 is 2.56 bits per heavy atom. The molecule has 7 heteroatoms. The molecule has 0 bridgehead atoms. The first-order chi connectivity index (χ1) is 13.1. The van der Waals surface area contributed by atoms with Gasteiger partial charge in [-0.1, -0.05) is 41.6 Å². The van der Waals surface area contributed by atoms with Gasteiger partial charge in [-0.25, -0.2) is 4.98 Å². The van der Waals surface area contributed by atoms with Crippen molar-refractivity contribution in [1.82, 2.24) is 9.55 Å². The van der Waals surface area contributed by atoms with E-state index < -0.39 is 0 Å². The zero-order chi connectivity index (χ0) is 18.8. The van der Waals surface area contributed by atoms with E-state index in [0.29, 0.717) is 26.0 Å². The van der Waals surface area contributed by atoms with Crippen molar-refractivity contribution in [2.24, 2.45) is 0 Å². The molecule has 134 valence electrons. The zero-order valence-electron chi connectivity index (χ0n) is 14.0. The SMILES string of the molecule is O=C(CSc1nc2sccc2c(=O)n1-c1ccccc1)c1ccc(Cl)cc1. The van der Waals surface area contributed by atoms with Gasteiger partial charge in [0.05, 0.1) is 16.8 Å². The van der Waals surface area contributed by atoms with Gasteiger partial charge in [-0.3, -0.25) is 14.2 Å². The van der Waals surface area contributed by atoms with Gasteiger partial charge < -0.3 is 0 Å². The predicted octanol–water partition coefficient (Wildman–Crippen LogP) is 5.08. The summed E-state index contributed by atoms with van der Waals surface area (Å²) in [7, 11) is 0. The lowest BCUT2D eigenvalue weighted by atomic mass is 10.1. The van der Waals surface area contributed by atoms with Gasteiger partial charge in [0.15, 0.2) is 10.9 Å². The van der Waals surface area contributed by atoms with Crippen LogP contribution >= 0.6 is 34.7 Å². The molecule has 0 unspecified atom stereocenters. The zero-order valence-corrected chi connectivity index (χ0v) is 16.4. The number of hydrogen-bond donors (Lipinski definition) is 0. The normalized spacial score (nSPS) is 11.0. The van der Waals surface area contributed by atoms with Gasteiger partial charge in [0, 0.05) is 10.6 Å². The van der Waals surface area contributed by atoms with E-state index in [1.165, 1.54) is 23.1 Å². The van der Waals surface area contributed by atoms with Crippen LogP contribution in [0.4, 0.5) is 0 Å². The second-order valence-corrected chi connectivity index (χ2v) is 8.00. The third-order valence-electron chi connectivity index (χ3n) is 3.98. The number of halogens is 1. The Bertz CT molecular complexity index is 1170. The van der Waals surface area contributed by atoms with Gasteiger partial charge in [-0.2, -0.15) is 0 Å². The second-order valence-electron chi connectivity index (χ2n) is 5.73. The third-order valence-corrected chi connectivity index (χ3v) is 5.98. The molecule has 0 radical (unpaired) electrons. The summed E-state index contributed by atoms with van der Waals surface area (Å²) in [5, 5.41) is 3.52. The summed E-state index contributed by atoms with van der Waals surface area (Å²) in [5.41, 5.74) is 1.18. The lowest BCUT2D eigenvalue weighted by molar-refractivity contribution is 0.102. The molecule has 0 aliphatic heterocycles. The minimum absolute atomic E-state index is 0.0446. The molecule has 2 aromatic carbocycles. The Balaban J connectivity index is 1.71. The molecule has 0 saturated heterocycles. The van der Waals surface area contributed by atoms with Crippen LogP contribution in [0.3, 0.4) is 0 Å². The summed E-state index contributed by atoms with van der Waals surface area (Å²) < 4.78 is 1.56. The van der Waals surface area contributed by atoms with Gasteiger partial charge >= 0.3 is 0 Å². The maximum atomic E-state index is 13.0. The number of para-hydroxylation sites is 1. The Kier molecular flexibility index (Phi) is 5.11. The molecule has 27 heavy (non-hydrogen) atoms. The number of aromatic nitrogens is 2.